The lowest BCUT2D eigenvalue weighted by molar-refractivity contribution is -0.119. The lowest BCUT2D eigenvalue weighted by atomic mass is 10.4. The number of nitrogens with one attached hydrogen (secondary N) is 1. The Kier molecular flexibility index (Phi) is 2.74. The van der Waals surface area contributed by atoms with Crippen molar-refractivity contribution in [3.05, 3.63) is 10.4 Å². The highest BCUT2D eigenvalue weighted by molar-refractivity contribution is 5.78. The van der Waals surface area contributed by atoms with Crippen LogP contribution in [0.1, 0.15) is 12.8 Å². The molecule has 0 spiro atoms. The fourth-order valence-corrected chi connectivity index (χ4v) is 0.732. The van der Waals surface area contributed by atoms with Gasteiger partial charge in [-0.3, -0.25) is 4.79 Å². The Morgan fingerprint density at radius 3 is 3.00 bits per heavy atom. The largest absolute Gasteiger partial charge is 0.356 e. The van der Waals surface area contributed by atoms with Crippen LogP contribution in [0.15, 0.2) is 5.11 Å². The smallest absolute Gasteiger partial charge is 0.225 e. The lowest BCUT2D eigenvalue weighted by Crippen LogP contribution is -2.27. The molecule has 1 saturated carbocycles. The molecule has 11 heavy (non-hydrogen) atoms. The minimum Gasteiger partial charge on any atom is -0.356 e. The molecule has 0 aromatic rings. The maximum atomic E-state index is 10.8. The molecule has 60 valence electrons. The number of carbonyl (C=O) groups is 1. The van der Waals surface area contributed by atoms with Crippen molar-refractivity contribution in [3.63, 3.8) is 0 Å². The van der Waals surface area contributed by atoms with E-state index in [-0.39, 0.29) is 12.5 Å². The second-order valence-electron chi connectivity index (χ2n) is 2.64. The number of rotatable bonds is 4. The molecule has 0 bridgehead atoms. The van der Waals surface area contributed by atoms with Gasteiger partial charge in [-0.2, -0.15) is 0 Å². The van der Waals surface area contributed by atoms with Gasteiger partial charge < -0.3 is 5.32 Å². The summed E-state index contributed by atoms with van der Waals surface area (Å²) in [6, 6.07) is 0. The van der Waals surface area contributed by atoms with E-state index in [2.05, 4.69) is 15.3 Å². The second kappa shape index (κ2) is 3.83. The highest BCUT2D eigenvalue weighted by Gasteiger charge is 2.21. The van der Waals surface area contributed by atoms with Gasteiger partial charge in [-0.15, -0.1) is 0 Å². The number of hydrogen-bond acceptors (Lipinski definition) is 2. The molecule has 5 nitrogen and oxygen atoms in total. The van der Waals surface area contributed by atoms with Gasteiger partial charge >= 0.3 is 0 Å². The SMILES string of the molecule is [N-]=[N+]=NCC(=O)NCC1CC1. The van der Waals surface area contributed by atoms with Crippen LogP contribution in [0, 0.1) is 5.92 Å². The van der Waals surface area contributed by atoms with Crippen molar-refractivity contribution in [2.45, 2.75) is 12.8 Å². The normalized spacial score (nSPS) is 15.3. The number of amides is 1. The molecule has 1 aliphatic rings. The molecule has 1 rings (SSSR count). The Balaban J connectivity index is 2.04. The van der Waals surface area contributed by atoms with Crippen molar-refractivity contribution in [1.29, 1.82) is 0 Å². The molecule has 0 aromatic heterocycles. The Bertz CT molecular complexity index is 193. The molecule has 0 radical (unpaired) electrons. The van der Waals surface area contributed by atoms with Gasteiger partial charge in [0, 0.05) is 11.5 Å². The van der Waals surface area contributed by atoms with Gasteiger partial charge in [0.15, 0.2) is 0 Å². The van der Waals surface area contributed by atoms with E-state index in [1.165, 1.54) is 12.8 Å². The first kappa shape index (κ1) is 7.88. The standard InChI is InChI=1S/C6H10N4O/c7-10-9-4-6(11)8-3-5-1-2-5/h5H,1-4H2,(H,8,11). The van der Waals surface area contributed by atoms with Gasteiger partial charge in [0.25, 0.3) is 0 Å². The third kappa shape index (κ3) is 3.47. The number of hydrogen-bond donors (Lipinski definition) is 1. The molecular weight excluding hydrogens is 144 g/mol. The molecule has 5 heteroatoms. The molecule has 1 N–H and O–H groups in total. The summed E-state index contributed by atoms with van der Waals surface area (Å²) >= 11 is 0. The first-order valence-electron chi connectivity index (χ1n) is 3.60. The summed E-state index contributed by atoms with van der Waals surface area (Å²) in [6.07, 6.45) is 2.42. The molecule has 0 aromatic carbocycles. The molecule has 1 aliphatic carbocycles. The van der Waals surface area contributed by atoms with Gasteiger partial charge in [-0.1, -0.05) is 5.11 Å². The number of carbonyl (C=O) groups excluding carboxylic acids is 1. The Morgan fingerprint density at radius 2 is 2.45 bits per heavy atom. The van der Waals surface area contributed by atoms with Crippen LogP contribution in [0.25, 0.3) is 10.4 Å². The highest BCUT2D eigenvalue weighted by Crippen LogP contribution is 2.27. The van der Waals surface area contributed by atoms with Crippen LogP contribution in [0.4, 0.5) is 0 Å². The van der Waals surface area contributed by atoms with Crippen molar-refractivity contribution < 1.29 is 4.79 Å². The molecule has 0 heterocycles. The summed E-state index contributed by atoms with van der Waals surface area (Å²) in [6.45, 7) is 0.656. The first-order valence-corrected chi connectivity index (χ1v) is 3.60. The lowest BCUT2D eigenvalue weighted by Gasteiger charge is -1.98. The van der Waals surface area contributed by atoms with E-state index >= 15 is 0 Å². The summed E-state index contributed by atoms with van der Waals surface area (Å²) in [5, 5.41) is 5.81. The van der Waals surface area contributed by atoms with E-state index in [4.69, 9.17) is 5.53 Å². The number of nitrogens with zero attached hydrogens (tertiary/aromatic N) is 3. The molecule has 1 amide bonds. The van der Waals surface area contributed by atoms with Crippen LogP contribution in [0.2, 0.25) is 0 Å². The van der Waals surface area contributed by atoms with Crippen LogP contribution < -0.4 is 5.32 Å². The van der Waals surface area contributed by atoms with Crippen molar-refractivity contribution in [1.82, 2.24) is 5.32 Å². The Hall–Kier alpha value is -1.22. The van der Waals surface area contributed by atoms with Gasteiger partial charge in [0.1, 0.15) is 6.54 Å². The zero-order valence-corrected chi connectivity index (χ0v) is 6.16. The summed E-state index contributed by atoms with van der Waals surface area (Å²) in [7, 11) is 0. The highest BCUT2D eigenvalue weighted by atomic mass is 16.1. The number of azide groups is 1. The summed E-state index contributed by atoms with van der Waals surface area (Å²) in [5.41, 5.74) is 7.88. The zero-order valence-electron chi connectivity index (χ0n) is 6.16. The van der Waals surface area contributed by atoms with Gasteiger partial charge in [0.05, 0.1) is 0 Å². The minimum absolute atomic E-state index is 0.0801. The second-order valence-corrected chi connectivity index (χ2v) is 2.64. The molecule has 0 atom stereocenters. The van der Waals surface area contributed by atoms with Crippen LogP contribution in [-0.2, 0) is 4.79 Å². The van der Waals surface area contributed by atoms with Crippen LogP contribution >= 0.6 is 0 Å². The maximum absolute atomic E-state index is 10.8. The average Bonchev–Trinajstić information content (AvgIpc) is 2.80. The molecule has 0 saturated heterocycles. The molecule has 0 aliphatic heterocycles. The third-order valence-corrected chi connectivity index (χ3v) is 1.56. The summed E-state index contributed by atoms with van der Waals surface area (Å²) in [4.78, 5) is 13.2. The summed E-state index contributed by atoms with van der Waals surface area (Å²) < 4.78 is 0. The minimum atomic E-state index is -0.185. The average molecular weight is 154 g/mol. The van der Waals surface area contributed by atoms with Crippen molar-refractivity contribution >= 4 is 5.91 Å². The predicted octanol–water partition coefficient (Wildman–Crippen LogP) is 0.823. The van der Waals surface area contributed by atoms with Gasteiger partial charge in [-0.05, 0) is 24.3 Å². The van der Waals surface area contributed by atoms with Crippen LogP contribution in [0.3, 0.4) is 0 Å². The molecule has 0 unspecified atom stereocenters. The maximum Gasteiger partial charge on any atom is 0.225 e. The molecular formula is C6H10N4O. The van der Waals surface area contributed by atoms with E-state index in [9.17, 15) is 4.79 Å². The predicted molar refractivity (Wildman–Crippen MR) is 39.7 cm³/mol. The third-order valence-electron chi connectivity index (χ3n) is 1.56. The van der Waals surface area contributed by atoms with E-state index in [1.807, 2.05) is 0 Å². The van der Waals surface area contributed by atoms with Crippen molar-refractivity contribution in [3.8, 4) is 0 Å². The van der Waals surface area contributed by atoms with Gasteiger partial charge in [0.2, 0.25) is 5.91 Å². The van der Waals surface area contributed by atoms with Gasteiger partial charge in [-0.25, -0.2) is 0 Å². The molecule has 1 fully saturated rings. The summed E-state index contributed by atoms with van der Waals surface area (Å²) in [5.74, 6) is 0.486. The first-order chi connectivity index (χ1) is 5.33. The quantitative estimate of drug-likeness (QED) is 0.363. The van der Waals surface area contributed by atoms with E-state index in [1.54, 1.807) is 0 Å². The monoisotopic (exact) mass is 154 g/mol. The van der Waals surface area contributed by atoms with Crippen molar-refractivity contribution in [2.24, 2.45) is 11.0 Å². The van der Waals surface area contributed by atoms with Crippen molar-refractivity contribution in [2.75, 3.05) is 13.1 Å². The fourth-order valence-electron chi connectivity index (χ4n) is 0.732. The Morgan fingerprint density at radius 1 is 1.73 bits per heavy atom. The van der Waals surface area contributed by atoms with Crippen LogP contribution in [0.5, 0.6) is 0 Å². The van der Waals surface area contributed by atoms with E-state index in [0.717, 1.165) is 6.54 Å². The van der Waals surface area contributed by atoms with E-state index in [0.29, 0.717) is 5.92 Å². The van der Waals surface area contributed by atoms with E-state index < -0.39 is 0 Å². The van der Waals surface area contributed by atoms with Crippen LogP contribution in [-0.4, -0.2) is 19.0 Å². The Labute approximate surface area is 64.4 Å². The fraction of sp³-hybridized carbons (Fsp3) is 0.833. The zero-order chi connectivity index (χ0) is 8.10. The topological polar surface area (TPSA) is 77.9 Å².